The molecule has 5 unspecified atom stereocenters. The van der Waals surface area contributed by atoms with E-state index < -0.39 is 5.23 Å². The fourth-order valence-electron chi connectivity index (χ4n) is 6.74. The van der Waals surface area contributed by atoms with Crippen LogP contribution in [0.15, 0.2) is 65.5 Å². The highest BCUT2D eigenvalue weighted by atomic mass is 16.8. The lowest BCUT2D eigenvalue weighted by atomic mass is 9.70. The van der Waals surface area contributed by atoms with Crippen LogP contribution in [0.25, 0.3) is 0 Å². The minimum absolute atomic E-state index is 0.00783. The summed E-state index contributed by atoms with van der Waals surface area (Å²) in [5.74, 6) is 0.760. The molecular formula is C29H32N4O5. The highest BCUT2D eigenvalue weighted by molar-refractivity contribution is 5.82. The molecule has 0 radical (unpaired) electrons. The van der Waals surface area contributed by atoms with Crippen molar-refractivity contribution < 1.29 is 20.0 Å². The van der Waals surface area contributed by atoms with Crippen molar-refractivity contribution >= 4 is 17.3 Å². The number of amides is 1. The van der Waals surface area contributed by atoms with Gasteiger partial charge in [-0.3, -0.25) is 9.59 Å². The Bertz CT molecular complexity index is 1400. The molecule has 6 rings (SSSR count). The van der Waals surface area contributed by atoms with Gasteiger partial charge < -0.3 is 24.7 Å². The molecule has 0 aliphatic carbocycles. The van der Waals surface area contributed by atoms with E-state index in [1.165, 1.54) is 0 Å². The number of carbonyl (C=O) groups is 1. The number of anilines is 1. The molecule has 3 aliphatic rings. The lowest BCUT2D eigenvalue weighted by molar-refractivity contribution is -0.991. The quantitative estimate of drug-likeness (QED) is 0.431. The fourth-order valence-corrected chi connectivity index (χ4v) is 6.74. The van der Waals surface area contributed by atoms with Crippen molar-refractivity contribution in [2.45, 2.75) is 37.8 Å². The van der Waals surface area contributed by atoms with E-state index in [0.717, 1.165) is 34.7 Å². The minimum atomic E-state index is -0.973. The highest BCUT2D eigenvalue weighted by Gasteiger charge is 2.49. The van der Waals surface area contributed by atoms with E-state index in [2.05, 4.69) is 10.2 Å². The number of nitrogens with zero attached hydrogens (tertiary/aromatic N) is 2. The number of benzene rings is 2. The predicted molar refractivity (Wildman–Crippen MR) is 142 cm³/mol. The zero-order chi connectivity index (χ0) is 26.4. The number of methoxy groups -OCH3 is 1. The third-order valence-electron chi connectivity index (χ3n) is 8.46. The fraction of sp³-hybridized carbons (Fsp3) is 0.379. The molecule has 3 aliphatic heterocycles. The molecule has 1 saturated heterocycles. The molecular weight excluding hydrogens is 484 g/mol. The van der Waals surface area contributed by atoms with Crippen molar-refractivity contribution in [3.8, 4) is 5.75 Å². The van der Waals surface area contributed by atoms with Crippen LogP contribution >= 0.6 is 0 Å². The van der Waals surface area contributed by atoms with Gasteiger partial charge >= 0.3 is 0 Å². The molecule has 3 N–H and O–H groups in total. The number of hydrogen-bond donors (Lipinski definition) is 3. The number of carbonyl (C=O) groups excluding carboxylic acids is 1. The van der Waals surface area contributed by atoms with Gasteiger partial charge in [-0.15, -0.1) is 0 Å². The summed E-state index contributed by atoms with van der Waals surface area (Å²) in [4.78, 5) is 28.7. The minimum Gasteiger partial charge on any atom is -0.595 e. The Kier molecular flexibility index (Phi) is 6.43. The van der Waals surface area contributed by atoms with Crippen molar-refractivity contribution in [2.24, 2.45) is 11.8 Å². The smallest absolute Gasteiger partial charge is 0.250 e. The largest absolute Gasteiger partial charge is 0.595 e. The van der Waals surface area contributed by atoms with Gasteiger partial charge in [0.2, 0.25) is 5.91 Å². The molecule has 9 heteroatoms. The second kappa shape index (κ2) is 9.90. The third kappa shape index (κ3) is 4.36. The van der Waals surface area contributed by atoms with Gasteiger partial charge in [-0.1, -0.05) is 18.2 Å². The SMILES string of the molecule is COc1ccc(CCNC(=O)C2Cc3cc([NH+]([O-])O)ccc3N3CC4CC(Cn5c4cccc5=O)C23)cc1. The average molecular weight is 517 g/mol. The molecule has 1 fully saturated rings. The topological polar surface area (TPSA) is 111 Å². The van der Waals surface area contributed by atoms with Crippen LogP contribution in [0, 0.1) is 17.0 Å². The van der Waals surface area contributed by atoms with E-state index in [9.17, 15) is 20.0 Å². The Morgan fingerprint density at radius 1 is 1.16 bits per heavy atom. The van der Waals surface area contributed by atoms with Crippen LogP contribution < -0.4 is 25.7 Å². The highest BCUT2D eigenvalue weighted by Crippen LogP contribution is 2.47. The zero-order valence-corrected chi connectivity index (χ0v) is 21.3. The Labute approximate surface area is 220 Å². The monoisotopic (exact) mass is 516 g/mol. The second-order valence-corrected chi connectivity index (χ2v) is 10.6. The summed E-state index contributed by atoms with van der Waals surface area (Å²) in [6.45, 7) is 1.79. The van der Waals surface area contributed by atoms with E-state index >= 15 is 0 Å². The maximum Gasteiger partial charge on any atom is 0.250 e. The number of ether oxygens (including phenoxy) is 1. The number of aromatic nitrogens is 1. The van der Waals surface area contributed by atoms with Crippen molar-refractivity contribution in [1.82, 2.24) is 9.88 Å². The molecule has 3 aromatic rings. The molecule has 2 bridgehead atoms. The molecule has 1 aromatic heterocycles. The molecule has 2 aromatic carbocycles. The van der Waals surface area contributed by atoms with E-state index in [0.29, 0.717) is 32.5 Å². The number of hydrogen-bond acceptors (Lipinski definition) is 6. The van der Waals surface area contributed by atoms with E-state index in [-0.39, 0.29) is 40.9 Å². The van der Waals surface area contributed by atoms with Gasteiger partial charge in [0.05, 0.1) is 13.0 Å². The summed E-state index contributed by atoms with van der Waals surface area (Å²) >= 11 is 0. The first kappa shape index (κ1) is 24.7. The van der Waals surface area contributed by atoms with E-state index in [1.807, 2.05) is 47.0 Å². The lowest BCUT2D eigenvalue weighted by Crippen LogP contribution is -2.99. The van der Waals surface area contributed by atoms with Crippen LogP contribution in [0.1, 0.15) is 29.2 Å². The maximum absolute atomic E-state index is 13.7. The van der Waals surface area contributed by atoms with Crippen molar-refractivity contribution in [3.05, 3.63) is 93.0 Å². The Hall–Kier alpha value is -3.66. The number of fused-ring (bicyclic) bond motifs is 8. The van der Waals surface area contributed by atoms with Crippen molar-refractivity contribution in [1.29, 1.82) is 0 Å². The number of nitrogens with one attached hydrogen (secondary N) is 2. The Morgan fingerprint density at radius 2 is 1.97 bits per heavy atom. The molecule has 1 amide bonds. The Balaban J connectivity index is 1.29. The van der Waals surface area contributed by atoms with Crippen LogP contribution in [0.3, 0.4) is 0 Å². The van der Waals surface area contributed by atoms with Gasteiger partial charge in [0.25, 0.3) is 5.56 Å². The molecule has 5 atom stereocenters. The first-order valence-corrected chi connectivity index (χ1v) is 13.2. The maximum atomic E-state index is 13.7. The number of pyridine rings is 1. The van der Waals surface area contributed by atoms with Gasteiger partial charge in [0.1, 0.15) is 5.75 Å². The molecule has 38 heavy (non-hydrogen) atoms. The molecule has 0 saturated carbocycles. The summed E-state index contributed by atoms with van der Waals surface area (Å²) in [5.41, 5.74) is 4.28. The zero-order valence-electron chi connectivity index (χ0n) is 21.3. The van der Waals surface area contributed by atoms with Crippen LogP contribution in [-0.4, -0.2) is 41.9 Å². The lowest BCUT2D eigenvalue weighted by Gasteiger charge is -2.54. The first-order chi connectivity index (χ1) is 18.4. The third-order valence-corrected chi connectivity index (χ3v) is 8.46. The van der Waals surface area contributed by atoms with Crippen molar-refractivity contribution in [2.75, 3.05) is 25.1 Å². The normalized spacial score (nSPS) is 24.0. The molecule has 4 heterocycles. The molecule has 198 valence electrons. The standard InChI is InChI=1S/C29H32N4O5/c1-38-23-8-5-18(6-9-23)11-12-30-29(35)24-15-19-14-22(33(36)37)7-10-26(19)32-16-20-13-21(28(24)32)17-31-25(20)3-2-4-27(31)34/h2-10,14,20-21,24,28,33,36H,11-13,15-17H2,1H3,(H,30,35). The number of rotatable bonds is 6. The summed E-state index contributed by atoms with van der Waals surface area (Å²) in [5, 5.41) is 23.5. The first-order valence-electron chi connectivity index (χ1n) is 13.2. The molecule has 9 nitrogen and oxygen atoms in total. The summed E-state index contributed by atoms with van der Waals surface area (Å²) in [7, 11) is 1.63. The van der Waals surface area contributed by atoms with Crippen LogP contribution in [0.2, 0.25) is 0 Å². The van der Waals surface area contributed by atoms with Crippen LogP contribution in [0.4, 0.5) is 11.4 Å². The molecule has 0 spiro atoms. The van der Waals surface area contributed by atoms with Gasteiger partial charge in [-0.2, -0.15) is 5.23 Å². The van der Waals surface area contributed by atoms with E-state index in [1.54, 1.807) is 25.3 Å². The van der Waals surface area contributed by atoms with Crippen molar-refractivity contribution in [3.63, 3.8) is 0 Å². The van der Waals surface area contributed by atoms with Gasteiger partial charge in [-0.25, -0.2) is 5.21 Å². The predicted octanol–water partition coefficient (Wildman–Crippen LogP) is 1.78. The number of quaternary nitrogens is 1. The summed E-state index contributed by atoms with van der Waals surface area (Å²) < 4.78 is 7.11. The van der Waals surface area contributed by atoms with Crippen LogP contribution in [-0.2, 0) is 24.2 Å². The van der Waals surface area contributed by atoms with Gasteiger partial charge in [0.15, 0.2) is 5.69 Å². The summed E-state index contributed by atoms with van der Waals surface area (Å²) in [6.07, 6.45) is 2.11. The van der Waals surface area contributed by atoms with Gasteiger partial charge in [-0.05, 0) is 60.6 Å². The van der Waals surface area contributed by atoms with E-state index in [4.69, 9.17) is 4.74 Å². The van der Waals surface area contributed by atoms with Gasteiger partial charge in [0, 0.05) is 61.2 Å². The average Bonchev–Trinajstić information content (AvgIpc) is 2.93. The summed E-state index contributed by atoms with van der Waals surface area (Å²) in [6, 6.07) is 18.5. The Morgan fingerprint density at radius 3 is 2.74 bits per heavy atom. The number of piperidine rings is 1. The van der Waals surface area contributed by atoms with Crippen LogP contribution in [0.5, 0.6) is 5.75 Å². The second-order valence-electron chi connectivity index (χ2n) is 10.6.